The number of piperidine rings is 1. The molecule has 0 radical (unpaired) electrons. The van der Waals surface area contributed by atoms with Crippen molar-refractivity contribution in [3.05, 3.63) is 40.7 Å². The highest BCUT2D eigenvalue weighted by atomic mass is 32.1. The predicted molar refractivity (Wildman–Crippen MR) is 94.7 cm³/mol. The molecule has 5 heteroatoms. The van der Waals surface area contributed by atoms with Crippen LogP contribution >= 0.6 is 11.3 Å². The van der Waals surface area contributed by atoms with Crippen LogP contribution in [0.1, 0.15) is 29.6 Å². The first-order valence-corrected chi connectivity index (χ1v) is 9.14. The van der Waals surface area contributed by atoms with Gasteiger partial charge in [-0.15, -0.1) is 11.3 Å². The minimum absolute atomic E-state index is 0.147. The second-order valence-corrected chi connectivity index (χ2v) is 6.80. The van der Waals surface area contributed by atoms with E-state index in [4.69, 9.17) is 0 Å². The Labute approximate surface area is 141 Å². The fourth-order valence-corrected chi connectivity index (χ4v) is 3.68. The molecule has 122 valence electrons. The number of benzene rings is 1. The number of hydrogen-bond acceptors (Lipinski definition) is 4. The highest BCUT2D eigenvalue weighted by Gasteiger charge is 2.23. The maximum absolute atomic E-state index is 12.7. The number of thiazole rings is 1. The largest absolute Gasteiger partial charge is 0.339 e. The Morgan fingerprint density at radius 1 is 1.39 bits per heavy atom. The van der Waals surface area contributed by atoms with Gasteiger partial charge in [0.25, 0.3) is 5.91 Å². The predicted octanol–water partition coefficient (Wildman–Crippen LogP) is 3.27. The molecule has 3 rings (SSSR count). The van der Waals surface area contributed by atoms with Crippen molar-refractivity contribution in [2.24, 2.45) is 5.92 Å². The third-order valence-electron chi connectivity index (χ3n) is 4.54. The van der Waals surface area contributed by atoms with Crippen molar-refractivity contribution in [3.8, 4) is 11.3 Å². The highest BCUT2D eigenvalue weighted by Crippen LogP contribution is 2.24. The Hall–Kier alpha value is -1.72. The fourth-order valence-electron chi connectivity index (χ4n) is 3.12. The van der Waals surface area contributed by atoms with Crippen LogP contribution in [0.3, 0.4) is 0 Å². The van der Waals surface area contributed by atoms with Gasteiger partial charge < -0.3 is 10.2 Å². The molecule has 1 aliphatic heterocycles. The quantitative estimate of drug-likeness (QED) is 0.916. The third-order valence-corrected chi connectivity index (χ3v) is 5.13. The Balaban J connectivity index is 1.64. The van der Waals surface area contributed by atoms with Crippen molar-refractivity contribution in [3.63, 3.8) is 0 Å². The van der Waals surface area contributed by atoms with E-state index < -0.39 is 0 Å². The van der Waals surface area contributed by atoms with E-state index in [2.05, 4.69) is 10.3 Å². The van der Waals surface area contributed by atoms with E-state index in [-0.39, 0.29) is 5.91 Å². The van der Waals surface area contributed by atoms with Crippen molar-refractivity contribution in [2.45, 2.75) is 19.3 Å². The summed E-state index contributed by atoms with van der Waals surface area (Å²) in [4.78, 5) is 19.1. The molecule has 1 amide bonds. The van der Waals surface area contributed by atoms with Crippen LogP contribution < -0.4 is 5.32 Å². The summed E-state index contributed by atoms with van der Waals surface area (Å²) >= 11 is 1.57. The van der Waals surface area contributed by atoms with Crippen LogP contribution in [0.5, 0.6) is 0 Å². The minimum Gasteiger partial charge on any atom is -0.339 e. The molecule has 1 saturated heterocycles. The fraction of sp³-hybridized carbons (Fsp3) is 0.444. The summed E-state index contributed by atoms with van der Waals surface area (Å²) in [5.41, 5.74) is 4.54. The lowest BCUT2D eigenvalue weighted by Crippen LogP contribution is -2.38. The van der Waals surface area contributed by atoms with E-state index in [1.54, 1.807) is 11.3 Å². The monoisotopic (exact) mass is 329 g/mol. The molecule has 0 spiro atoms. The third kappa shape index (κ3) is 3.98. The topological polar surface area (TPSA) is 45.2 Å². The summed E-state index contributed by atoms with van der Waals surface area (Å²) in [6, 6.07) is 7.83. The number of carbonyl (C=O) groups is 1. The number of likely N-dealkylation sites (tertiary alicyclic amines) is 1. The van der Waals surface area contributed by atoms with Crippen LogP contribution in [-0.2, 0) is 0 Å². The van der Waals surface area contributed by atoms with Crippen molar-refractivity contribution >= 4 is 17.2 Å². The van der Waals surface area contributed by atoms with Crippen LogP contribution in [0, 0.1) is 5.92 Å². The molecule has 2 heterocycles. The smallest absolute Gasteiger partial charge is 0.253 e. The van der Waals surface area contributed by atoms with Gasteiger partial charge in [0.05, 0.1) is 11.2 Å². The van der Waals surface area contributed by atoms with Gasteiger partial charge in [-0.3, -0.25) is 4.79 Å². The zero-order valence-electron chi connectivity index (χ0n) is 13.5. The second kappa shape index (κ2) is 7.70. The molecule has 1 aliphatic rings. The lowest BCUT2D eigenvalue weighted by Gasteiger charge is -2.32. The summed E-state index contributed by atoms with van der Waals surface area (Å²) in [6.45, 7) is 2.80. The Bertz CT molecular complexity index is 633. The number of rotatable bonds is 5. The van der Waals surface area contributed by atoms with Gasteiger partial charge in [0.2, 0.25) is 0 Å². The normalized spacial score (nSPS) is 15.8. The average Bonchev–Trinajstić information content (AvgIpc) is 3.14. The van der Waals surface area contributed by atoms with Crippen LogP contribution in [0.15, 0.2) is 35.2 Å². The molecule has 1 aromatic carbocycles. The van der Waals surface area contributed by atoms with Gasteiger partial charge in [0.1, 0.15) is 0 Å². The summed E-state index contributed by atoms with van der Waals surface area (Å²) in [6.07, 6.45) is 3.43. The van der Waals surface area contributed by atoms with Gasteiger partial charge in [0.15, 0.2) is 0 Å². The van der Waals surface area contributed by atoms with Gasteiger partial charge in [-0.1, -0.05) is 12.1 Å². The summed E-state index contributed by atoms with van der Waals surface area (Å²) in [5, 5.41) is 5.22. The summed E-state index contributed by atoms with van der Waals surface area (Å²) < 4.78 is 0. The molecule has 0 unspecified atom stereocenters. The molecule has 23 heavy (non-hydrogen) atoms. The van der Waals surface area contributed by atoms with Crippen molar-refractivity contribution in [1.29, 1.82) is 0 Å². The van der Waals surface area contributed by atoms with Gasteiger partial charge in [0, 0.05) is 29.6 Å². The molecule has 1 aromatic heterocycles. The summed E-state index contributed by atoms with van der Waals surface area (Å²) in [7, 11) is 1.99. The first kappa shape index (κ1) is 16.1. The van der Waals surface area contributed by atoms with Crippen molar-refractivity contribution in [2.75, 3.05) is 26.7 Å². The Morgan fingerprint density at radius 3 is 2.91 bits per heavy atom. The molecule has 0 aliphatic carbocycles. The molecule has 1 fully saturated rings. The van der Waals surface area contributed by atoms with Gasteiger partial charge in [-0.05, 0) is 50.9 Å². The summed E-state index contributed by atoms with van der Waals surface area (Å²) in [5.74, 6) is 0.891. The Kier molecular flexibility index (Phi) is 5.41. The van der Waals surface area contributed by atoms with Gasteiger partial charge in [-0.2, -0.15) is 0 Å². The van der Waals surface area contributed by atoms with E-state index in [9.17, 15) is 4.79 Å². The number of nitrogens with one attached hydrogen (secondary N) is 1. The molecular formula is C18H23N3OS. The van der Waals surface area contributed by atoms with E-state index in [1.165, 1.54) is 6.42 Å². The van der Waals surface area contributed by atoms with E-state index in [1.807, 2.05) is 47.1 Å². The van der Waals surface area contributed by atoms with Crippen molar-refractivity contribution < 1.29 is 4.79 Å². The first-order valence-electron chi connectivity index (χ1n) is 8.20. The lowest BCUT2D eigenvalue weighted by molar-refractivity contribution is 0.0687. The number of nitrogens with zero attached hydrogens (tertiary/aromatic N) is 2. The number of hydrogen-bond donors (Lipinski definition) is 1. The van der Waals surface area contributed by atoms with E-state index >= 15 is 0 Å². The first-order chi connectivity index (χ1) is 11.3. The highest BCUT2D eigenvalue weighted by molar-refractivity contribution is 7.07. The maximum Gasteiger partial charge on any atom is 0.253 e. The van der Waals surface area contributed by atoms with Gasteiger partial charge in [-0.25, -0.2) is 4.98 Å². The Morgan fingerprint density at radius 2 is 2.22 bits per heavy atom. The van der Waals surface area contributed by atoms with Crippen LogP contribution in [0.4, 0.5) is 0 Å². The van der Waals surface area contributed by atoms with Gasteiger partial charge >= 0.3 is 0 Å². The molecule has 4 nitrogen and oxygen atoms in total. The van der Waals surface area contributed by atoms with Crippen LogP contribution in [0.2, 0.25) is 0 Å². The molecule has 0 saturated carbocycles. The SMILES string of the molecule is CNCCC1CCN(C(=O)c2cccc(-c3cscn3)c2)CC1. The van der Waals surface area contributed by atoms with E-state index in [0.29, 0.717) is 0 Å². The maximum atomic E-state index is 12.7. The standard InChI is InChI=1S/C18H23N3OS/c1-19-8-5-14-6-9-21(10-7-14)18(22)16-4-2-3-15(11-16)17-12-23-13-20-17/h2-4,11-14,19H,5-10H2,1H3. The lowest BCUT2D eigenvalue weighted by atomic mass is 9.93. The molecule has 0 bridgehead atoms. The van der Waals surface area contributed by atoms with E-state index in [0.717, 1.165) is 55.2 Å². The number of carbonyl (C=O) groups excluding carboxylic acids is 1. The zero-order valence-corrected chi connectivity index (χ0v) is 14.3. The van der Waals surface area contributed by atoms with Crippen molar-refractivity contribution in [1.82, 2.24) is 15.2 Å². The van der Waals surface area contributed by atoms with Crippen LogP contribution in [-0.4, -0.2) is 42.5 Å². The molecule has 0 atom stereocenters. The van der Waals surface area contributed by atoms with Crippen LogP contribution in [0.25, 0.3) is 11.3 Å². The molecule has 2 aromatic rings. The zero-order chi connectivity index (χ0) is 16.1. The average molecular weight is 329 g/mol. The molecule has 1 N–H and O–H groups in total. The number of amides is 1. The number of aromatic nitrogens is 1. The minimum atomic E-state index is 0.147. The molecular weight excluding hydrogens is 306 g/mol. The second-order valence-electron chi connectivity index (χ2n) is 6.08.